The summed E-state index contributed by atoms with van der Waals surface area (Å²) in [5.74, 6) is -1.01. The second-order valence-corrected chi connectivity index (χ2v) is 4.63. The van der Waals surface area contributed by atoms with Crippen LogP contribution in [0.15, 0.2) is 24.3 Å². The molecule has 2 rings (SSSR count). The van der Waals surface area contributed by atoms with Gasteiger partial charge in [-0.3, -0.25) is 14.9 Å². The second kappa shape index (κ2) is 5.68. The molecule has 0 heterocycles. The molecule has 0 radical (unpaired) electrons. The molecular formula is C13H14N2O5. The molecule has 1 aliphatic carbocycles. The van der Waals surface area contributed by atoms with E-state index in [1.807, 2.05) is 0 Å². The molecule has 1 saturated carbocycles. The van der Waals surface area contributed by atoms with E-state index in [1.54, 1.807) is 0 Å². The van der Waals surface area contributed by atoms with Gasteiger partial charge in [-0.1, -0.05) is 0 Å². The van der Waals surface area contributed by atoms with E-state index in [0.717, 1.165) is 12.8 Å². The van der Waals surface area contributed by atoms with Crippen LogP contribution < -0.4 is 5.32 Å². The summed E-state index contributed by atoms with van der Waals surface area (Å²) in [6.07, 6.45) is 1.02. The van der Waals surface area contributed by atoms with Gasteiger partial charge in [-0.25, -0.2) is 4.79 Å². The molecule has 1 atom stereocenters. The smallest absolute Gasteiger partial charge is 0.338 e. The summed E-state index contributed by atoms with van der Waals surface area (Å²) in [4.78, 5) is 33.3. The molecule has 7 nitrogen and oxygen atoms in total. The Bertz CT molecular complexity index is 536. The van der Waals surface area contributed by atoms with Gasteiger partial charge in [0.15, 0.2) is 6.10 Å². The molecule has 7 heteroatoms. The Morgan fingerprint density at radius 1 is 1.35 bits per heavy atom. The third kappa shape index (κ3) is 3.53. The SMILES string of the molecule is C[C@@H](OC(=O)c1ccc([N+](=O)[O-])cc1)C(=O)NC1CC1. The molecule has 1 fully saturated rings. The molecule has 0 unspecified atom stereocenters. The van der Waals surface area contributed by atoms with Crippen molar-refractivity contribution >= 4 is 17.6 Å². The van der Waals surface area contributed by atoms with Crippen molar-refractivity contribution in [3.8, 4) is 0 Å². The highest BCUT2D eigenvalue weighted by molar-refractivity contribution is 5.92. The fourth-order valence-corrected chi connectivity index (χ4v) is 1.55. The minimum Gasteiger partial charge on any atom is -0.449 e. The fraction of sp³-hybridized carbons (Fsp3) is 0.385. The number of nitro groups is 1. The third-order valence-electron chi connectivity index (χ3n) is 2.89. The second-order valence-electron chi connectivity index (χ2n) is 4.63. The van der Waals surface area contributed by atoms with E-state index in [0.29, 0.717) is 0 Å². The van der Waals surface area contributed by atoms with E-state index < -0.39 is 17.0 Å². The van der Waals surface area contributed by atoms with Crippen LogP contribution in [0.2, 0.25) is 0 Å². The Morgan fingerprint density at radius 2 is 1.95 bits per heavy atom. The Morgan fingerprint density at radius 3 is 2.45 bits per heavy atom. The van der Waals surface area contributed by atoms with Gasteiger partial charge in [0.25, 0.3) is 11.6 Å². The first-order chi connectivity index (χ1) is 9.47. The third-order valence-corrected chi connectivity index (χ3v) is 2.89. The number of ether oxygens (including phenoxy) is 1. The highest BCUT2D eigenvalue weighted by Gasteiger charge is 2.27. The van der Waals surface area contributed by atoms with Gasteiger partial charge in [-0.15, -0.1) is 0 Å². The Labute approximate surface area is 115 Å². The van der Waals surface area contributed by atoms with Gasteiger partial charge in [-0.05, 0) is 31.9 Å². The first-order valence-electron chi connectivity index (χ1n) is 6.23. The number of non-ortho nitro benzene ring substituents is 1. The average Bonchev–Trinajstić information content (AvgIpc) is 3.22. The van der Waals surface area contributed by atoms with Crippen molar-refractivity contribution in [1.82, 2.24) is 5.32 Å². The summed E-state index contributed by atoms with van der Waals surface area (Å²) in [5, 5.41) is 13.2. The van der Waals surface area contributed by atoms with Gasteiger partial charge in [0.1, 0.15) is 0 Å². The van der Waals surface area contributed by atoms with E-state index in [9.17, 15) is 19.7 Å². The maximum atomic E-state index is 11.8. The van der Waals surface area contributed by atoms with E-state index in [1.165, 1.54) is 31.2 Å². The van der Waals surface area contributed by atoms with E-state index in [2.05, 4.69) is 5.32 Å². The lowest BCUT2D eigenvalue weighted by Crippen LogP contribution is -2.37. The number of nitrogens with one attached hydrogen (secondary N) is 1. The maximum absolute atomic E-state index is 11.8. The first-order valence-corrected chi connectivity index (χ1v) is 6.23. The number of hydrogen-bond donors (Lipinski definition) is 1. The molecule has 106 valence electrons. The lowest BCUT2D eigenvalue weighted by Gasteiger charge is -2.13. The summed E-state index contributed by atoms with van der Waals surface area (Å²) >= 11 is 0. The number of rotatable bonds is 5. The zero-order valence-corrected chi connectivity index (χ0v) is 10.9. The zero-order chi connectivity index (χ0) is 14.7. The van der Waals surface area contributed by atoms with Crippen LogP contribution in [0.25, 0.3) is 0 Å². The van der Waals surface area contributed by atoms with Crippen molar-refractivity contribution in [2.24, 2.45) is 0 Å². The lowest BCUT2D eigenvalue weighted by molar-refractivity contribution is -0.384. The number of carbonyl (C=O) groups excluding carboxylic acids is 2. The predicted molar refractivity (Wildman–Crippen MR) is 69.1 cm³/mol. The Balaban J connectivity index is 1.92. The van der Waals surface area contributed by atoms with Crippen LogP contribution in [0.3, 0.4) is 0 Å². The predicted octanol–water partition coefficient (Wildman–Crippen LogP) is 1.42. The summed E-state index contributed by atoms with van der Waals surface area (Å²) in [6.45, 7) is 1.49. The number of nitro benzene ring substituents is 1. The minimum atomic E-state index is -0.890. The molecule has 0 aromatic heterocycles. The van der Waals surface area contributed by atoms with Crippen molar-refractivity contribution in [2.45, 2.75) is 31.9 Å². The van der Waals surface area contributed by atoms with Crippen LogP contribution in [-0.4, -0.2) is 28.9 Å². The van der Waals surface area contributed by atoms with Gasteiger partial charge >= 0.3 is 5.97 Å². The van der Waals surface area contributed by atoms with Crippen LogP contribution in [0.5, 0.6) is 0 Å². The van der Waals surface area contributed by atoms with Crippen LogP contribution in [0.1, 0.15) is 30.1 Å². The molecule has 0 spiro atoms. The molecule has 1 amide bonds. The largest absolute Gasteiger partial charge is 0.449 e. The summed E-state index contributed by atoms with van der Waals surface area (Å²) < 4.78 is 5.01. The number of carbonyl (C=O) groups is 2. The summed E-state index contributed by atoms with van der Waals surface area (Å²) in [5.41, 5.74) is 0.0581. The first kappa shape index (κ1) is 14.0. The highest BCUT2D eigenvalue weighted by Crippen LogP contribution is 2.19. The molecule has 1 aliphatic rings. The van der Waals surface area contributed by atoms with Gasteiger partial charge in [-0.2, -0.15) is 0 Å². The van der Waals surface area contributed by atoms with Crippen LogP contribution in [0, 0.1) is 10.1 Å². The monoisotopic (exact) mass is 278 g/mol. The van der Waals surface area contributed by atoms with Gasteiger partial charge in [0.2, 0.25) is 0 Å². The van der Waals surface area contributed by atoms with Crippen molar-refractivity contribution in [3.63, 3.8) is 0 Å². The molecular weight excluding hydrogens is 264 g/mol. The number of amides is 1. The number of esters is 1. The average molecular weight is 278 g/mol. The van der Waals surface area contributed by atoms with Crippen LogP contribution >= 0.6 is 0 Å². The minimum absolute atomic E-state index is 0.110. The lowest BCUT2D eigenvalue weighted by atomic mass is 10.2. The van der Waals surface area contributed by atoms with Gasteiger partial charge in [0, 0.05) is 18.2 Å². The van der Waals surface area contributed by atoms with Crippen LogP contribution in [-0.2, 0) is 9.53 Å². The number of hydrogen-bond acceptors (Lipinski definition) is 5. The number of nitrogens with zero attached hydrogens (tertiary/aromatic N) is 1. The Kier molecular flexibility index (Phi) is 3.97. The van der Waals surface area contributed by atoms with E-state index in [-0.39, 0.29) is 23.2 Å². The molecule has 0 aliphatic heterocycles. The summed E-state index contributed by atoms with van der Waals surface area (Å²) in [6, 6.07) is 5.22. The van der Waals surface area contributed by atoms with Crippen molar-refractivity contribution < 1.29 is 19.2 Å². The van der Waals surface area contributed by atoms with Crippen LogP contribution in [0.4, 0.5) is 5.69 Å². The van der Waals surface area contributed by atoms with E-state index >= 15 is 0 Å². The summed E-state index contributed by atoms with van der Waals surface area (Å²) in [7, 11) is 0. The van der Waals surface area contributed by atoms with Crippen molar-refractivity contribution in [1.29, 1.82) is 0 Å². The fourth-order valence-electron chi connectivity index (χ4n) is 1.55. The van der Waals surface area contributed by atoms with Gasteiger partial charge < -0.3 is 10.1 Å². The molecule has 1 N–H and O–H groups in total. The molecule has 0 bridgehead atoms. The normalized spacial score (nSPS) is 15.2. The van der Waals surface area contributed by atoms with Crippen molar-refractivity contribution in [2.75, 3.05) is 0 Å². The van der Waals surface area contributed by atoms with Gasteiger partial charge in [0.05, 0.1) is 10.5 Å². The molecule has 1 aromatic carbocycles. The highest BCUT2D eigenvalue weighted by atomic mass is 16.6. The standard InChI is InChI=1S/C13H14N2O5/c1-8(12(16)14-10-4-5-10)20-13(17)9-2-6-11(7-3-9)15(18)19/h2-3,6-8,10H,4-5H2,1H3,(H,14,16)/t8-/m1/s1. The topological polar surface area (TPSA) is 98.5 Å². The van der Waals surface area contributed by atoms with E-state index in [4.69, 9.17) is 4.74 Å². The number of benzene rings is 1. The molecule has 1 aromatic rings. The zero-order valence-electron chi connectivity index (χ0n) is 10.9. The molecule has 20 heavy (non-hydrogen) atoms. The quantitative estimate of drug-likeness (QED) is 0.499. The maximum Gasteiger partial charge on any atom is 0.338 e. The Hall–Kier alpha value is -2.44. The van der Waals surface area contributed by atoms with Crippen molar-refractivity contribution in [3.05, 3.63) is 39.9 Å². The molecule has 0 saturated heterocycles.